The van der Waals surface area contributed by atoms with Crippen molar-refractivity contribution in [2.45, 2.75) is 26.4 Å². The molecule has 0 saturated carbocycles. The van der Waals surface area contributed by atoms with E-state index >= 15 is 0 Å². The number of aromatic nitrogens is 6. The lowest BCUT2D eigenvalue weighted by Gasteiger charge is -2.23. The minimum atomic E-state index is -4.03. The number of para-hydroxylation sites is 1. The van der Waals surface area contributed by atoms with Crippen LogP contribution >= 0.6 is 0 Å². The number of hydrogen-bond acceptors (Lipinski definition) is 8. The number of rotatable bonds is 8. The van der Waals surface area contributed by atoms with Crippen molar-refractivity contribution in [3.05, 3.63) is 112 Å². The topological polar surface area (TPSA) is 161 Å². The van der Waals surface area contributed by atoms with Crippen molar-refractivity contribution in [2.75, 3.05) is 23.2 Å². The van der Waals surface area contributed by atoms with Gasteiger partial charge in [0.2, 0.25) is 0 Å². The van der Waals surface area contributed by atoms with Crippen molar-refractivity contribution < 1.29 is 13.2 Å². The van der Waals surface area contributed by atoms with Crippen LogP contribution in [0, 0.1) is 11.8 Å². The van der Waals surface area contributed by atoms with Crippen molar-refractivity contribution in [1.29, 1.82) is 0 Å². The summed E-state index contributed by atoms with van der Waals surface area (Å²) in [4.78, 5) is 35.2. The molecule has 3 N–H and O–H groups in total. The normalized spacial score (nSPS) is 13.0. The van der Waals surface area contributed by atoms with Crippen molar-refractivity contribution in [1.82, 2.24) is 39.0 Å². The molecule has 2 aromatic carbocycles. The molecule has 6 aromatic rings. The first-order valence-electron chi connectivity index (χ1n) is 15.5. The molecule has 1 aliphatic heterocycles. The Kier molecular flexibility index (Phi) is 7.89. The van der Waals surface area contributed by atoms with Crippen LogP contribution < -0.4 is 25.2 Å². The summed E-state index contributed by atoms with van der Waals surface area (Å²) >= 11 is 0. The van der Waals surface area contributed by atoms with E-state index in [1.54, 1.807) is 41.6 Å². The summed E-state index contributed by atoms with van der Waals surface area (Å²) in [5.41, 5.74) is 4.04. The molecule has 0 aliphatic carbocycles. The summed E-state index contributed by atoms with van der Waals surface area (Å²) in [6.07, 6.45) is 6.53. The summed E-state index contributed by atoms with van der Waals surface area (Å²) in [5.74, 6) is 5.52. The van der Waals surface area contributed by atoms with Crippen molar-refractivity contribution >= 4 is 44.0 Å². The number of aryl methyl sites for hydroxylation is 1. The van der Waals surface area contributed by atoms with Gasteiger partial charge in [-0.1, -0.05) is 37.0 Å². The standard InChI is InChI=1S/C34H32N10O4S/c1-5-37-49(47,48)40-31-29(32-35-16-9-17-43(32)39-31)33(45)38-21(2)30-25-20-41(3)26-15-14-23(13-12-22-18-36-42(4)19-22)27(28(25)26)34(46)44(30)24-10-7-6-8-11-24/h6-11,14-19,21,37H,5,20H2,1-4H3,(H,38,45)(H,39,40)/t21-/m0/s1. The summed E-state index contributed by atoms with van der Waals surface area (Å²) in [6, 6.07) is 13.9. The number of carbonyl (C=O) groups excluding carboxylic acids is 1. The van der Waals surface area contributed by atoms with Crippen LogP contribution in [0.3, 0.4) is 0 Å². The molecule has 14 nitrogen and oxygen atoms in total. The molecule has 5 heterocycles. The third-order valence-corrected chi connectivity index (χ3v) is 9.40. The van der Waals surface area contributed by atoms with Gasteiger partial charge in [0.15, 0.2) is 11.5 Å². The van der Waals surface area contributed by atoms with Crippen LogP contribution in [0.25, 0.3) is 22.1 Å². The number of pyridine rings is 1. The van der Waals surface area contributed by atoms with E-state index in [2.05, 4.69) is 46.7 Å². The molecule has 0 radical (unpaired) electrons. The first kappa shape index (κ1) is 31.6. The predicted molar refractivity (Wildman–Crippen MR) is 186 cm³/mol. The lowest BCUT2D eigenvalue weighted by Crippen LogP contribution is -2.34. The average Bonchev–Trinajstić information content (AvgIpc) is 3.76. The molecule has 0 spiro atoms. The molecule has 248 valence electrons. The highest BCUT2D eigenvalue weighted by Gasteiger charge is 2.32. The fourth-order valence-electron chi connectivity index (χ4n) is 6.28. The van der Waals surface area contributed by atoms with E-state index in [0.29, 0.717) is 28.9 Å². The molecule has 0 bridgehead atoms. The van der Waals surface area contributed by atoms with Gasteiger partial charge in [-0.25, -0.2) is 9.50 Å². The van der Waals surface area contributed by atoms with E-state index in [4.69, 9.17) is 0 Å². The second kappa shape index (κ2) is 12.2. The molecule has 1 amide bonds. The maximum Gasteiger partial charge on any atom is 0.300 e. The van der Waals surface area contributed by atoms with E-state index in [1.807, 2.05) is 62.8 Å². The Morgan fingerprint density at radius 1 is 1.06 bits per heavy atom. The largest absolute Gasteiger partial charge is 0.370 e. The molecule has 0 saturated heterocycles. The summed E-state index contributed by atoms with van der Waals surface area (Å²) in [6.45, 7) is 4.04. The SMILES string of the molecule is CCNS(=O)(=O)Nc1nn2cccnc2c1C(=O)N[C@@H](C)c1c2c3c(ccc(C#Cc4cnn(C)c4)c3c(=O)n1-c1ccccc1)N(C)C2. The van der Waals surface area contributed by atoms with Crippen LogP contribution in [0.2, 0.25) is 0 Å². The number of benzene rings is 2. The molecule has 1 aliphatic rings. The van der Waals surface area contributed by atoms with Gasteiger partial charge < -0.3 is 10.2 Å². The van der Waals surface area contributed by atoms with E-state index in [-0.39, 0.29) is 29.1 Å². The molecule has 4 aromatic heterocycles. The van der Waals surface area contributed by atoms with Crippen LogP contribution in [0.4, 0.5) is 11.5 Å². The van der Waals surface area contributed by atoms with E-state index in [0.717, 1.165) is 22.2 Å². The van der Waals surface area contributed by atoms with Crippen LogP contribution in [-0.2, 0) is 23.8 Å². The highest BCUT2D eigenvalue weighted by atomic mass is 32.2. The third kappa shape index (κ3) is 5.66. The minimum absolute atomic E-state index is 0.0643. The number of anilines is 2. The number of fused-ring (bicyclic) bond motifs is 1. The van der Waals surface area contributed by atoms with Crippen molar-refractivity contribution in [3.63, 3.8) is 0 Å². The molecule has 15 heteroatoms. The van der Waals surface area contributed by atoms with E-state index < -0.39 is 22.2 Å². The van der Waals surface area contributed by atoms with Gasteiger partial charge in [-0.3, -0.25) is 23.6 Å². The first-order chi connectivity index (χ1) is 23.6. The molecular formula is C34H32N10O4S. The fourth-order valence-corrected chi connectivity index (χ4v) is 7.13. The van der Waals surface area contributed by atoms with Crippen LogP contribution in [-0.4, -0.2) is 56.9 Å². The number of carbonyl (C=O) groups is 1. The first-order valence-corrected chi connectivity index (χ1v) is 17.0. The van der Waals surface area contributed by atoms with Crippen molar-refractivity contribution in [2.24, 2.45) is 7.05 Å². The second-order valence-electron chi connectivity index (χ2n) is 11.6. The van der Waals surface area contributed by atoms with Gasteiger partial charge in [-0.2, -0.15) is 18.2 Å². The fraction of sp³-hybridized carbons (Fsp3) is 0.206. The van der Waals surface area contributed by atoms with Gasteiger partial charge in [-0.15, -0.1) is 5.10 Å². The van der Waals surface area contributed by atoms with Crippen LogP contribution in [0.15, 0.2) is 78.1 Å². The summed E-state index contributed by atoms with van der Waals surface area (Å²) < 4.78 is 34.6. The minimum Gasteiger partial charge on any atom is -0.370 e. The van der Waals surface area contributed by atoms with E-state index in [9.17, 15) is 18.0 Å². The number of nitrogens with zero attached hydrogens (tertiary/aromatic N) is 7. The Morgan fingerprint density at radius 3 is 2.59 bits per heavy atom. The monoisotopic (exact) mass is 676 g/mol. The van der Waals surface area contributed by atoms with Crippen molar-refractivity contribution in [3.8, 4) is 17.5 Å². The molecule has 7 rings (SSSR count). The molecule has 1 atom stereocenters. The average molecular weight is 677 g/mol. The number of nitrogens with one attached hydrogen (secondary N) is 3. The Balaban J connectivity index is 1.40. The zero-order valence-electron chi connectivity index (χ0n) is 27.1. The highest BCUT2D eigenvalue weighted by molar-refractivity contribution is 7.90. The lowest BCUT2D eigenvalue weighted by molar-refractivity contribution is 0.0941. The molecule has 0 fully saturated rings. The quantitative estimate of drug-likeness (QED) is 0.208. The number of amides is 1. The van der Waals surface area contributed by atoms with Crippen LogP contribution in [0.5, 0.6) is 0 Å². The van der Waals surface area contributed by atoms with Gasteiger partial charge in [0.05, 0.1) is 28.9 Å². The van der Waals surface area contributed by atoms with Gasteiger partial charge in [0.25, 0.3) is 21.7 Å². The second-order valence-corrected chi connectivity index (χ2v) is 13.1. The Bertz CT molecular complexity index is 2510. The zero-order valence-corrected chi connectivity index (χ0v) is 27.9. The van der Waals surface area contributed by atoms with Gasteiger partial charge in [0, 0.05) is 73.7 Å². The Hall–Kier alpha value is -5.98. The summed E-state index contributed by atoms with van der Waals surface area (Å²) in [5, 5.41) is 12.8. The predicted octanol–water partition coefficient (Wildman–Crippen LogP) is 2.87. The highest BCUT2D eigenvalue weighted by Crippen LogP contribution is 2.40. The van der Waals surface area contributed by atoms with Gasteiger partial charge in [-0.05, 0) is 37.3 Å². The van der Waals surface area contributed by atoms with E-state index in [1.165, 1.54) is 10.7 Å². The smallest absolute Gasteiger partial charge is 0.300 e. The Morgan fingerprint density at radius 2 is 1.86 bits per heavy atom. The van der Waals surface area contributed by atoms with Gasteiger partial charge in [0.1, 0.15) is 5.56 Å². The molecule has 49 heavy (non-hydrogen) atoms. The molecular weight excluding hydrogens is 645 g/mol. The summed E-state index contributed by atoms with van der Waals surface area (Å²) in [7, 11) is -0.261. The maximum atomic E-state index is 14.7. The Labute approximate surface area is 281 Å². The van der Waals surface area contributed by atoms with Crippen LogP contribution in [0.1, 0.15) is 52.6 Å². The number of hydrogen-bond donors (Lipinski definition) is 3. The van der Waals surface area contributed by atoms with Gasteiger partial charge >= 0.3 is 0 Å². The maximum absolute atomic E-state index is 14.7. The zero-order chi connectivity index (χ0) is 34.4. The lowest BCUT2D eigenvalue weighted by atomic mass is 9.97. The third-order valence-electron chi connectivity index (χ3n) is 8.27. The molecule has 0 unspecified atom stereocenters.